The minimum absolute atomic E-state index is 0.0410. The van der Waals surface area contributed by atoms with Gasteiger partial charge in [0.05, 0.1) is 6.20 Å². The summed E-state index contributed by atoms with van der Waals surface area (Å²) in [6.45, 7) is 2.96. The van der Waals surface area contributed by atoms with E-state index in [1.54, 1.807) is 4.90 Å². The Hall–Kier alpha value is -1.23. The van der Waals surface area contributed by atoms with E-state index in [-0.39, 0.29) is 12.4 Å². The van der Waals surface area contributed by atoms with Gasteiger partial charge >= 0.3 is 0 Å². The molecule has 0 spiro atoms. The maximum absolute atomic E-state index is 13.3. The molecule has 15 heavy (non-hydrogen) atoms. The molecule has 0 fully saturated rings. The van der Waals surface area contributed by atoms with Crippen LogP contribution >= 0.6 is 0 Å². The van der Waals surface area contributed by atoms with Crippen molar-refractivity contribution >= 4 is 5.82 Å². The van der Waals surface area contributed by atoms with Crippen LogP contribution in [-0.4, -0.2) is 29.8 Å². The first-order valence-corrected chi connectivity index (χ1v) is 4.86. The van der Waals surface area contributed by atoms with Gasteiger partial charge in [-0.2, -0.15) is 0 Å². The molecule has 0 aromatic carbocycles. The Balaban J connectivity index is 2.81. The van der Waals surface area contributed by atoms with Crippen LogP contribution in [0.5, 0.6) is 0 Å². The van der Waals surface area contributed by atoms with E-state index < -0.39 is 11.6 Å². The third-order valence-corrected chi connectivity index (χ3v) is 2.06. The number of nitrogens with zero attached hydrogens (tertiary/aromatic N) is 2. The van der Waals surface area contributed by atoms with E-state index in [1.807, 2.05) is 6.92 Å². The van der Waals surface area contributed by atoms with Gasteiger partial charge < -0.3 is 10.0 Å². The lowest BCUT2D eigenvalue weighted by Gasteiger charge is -2.21. The Bertz CT molecular complexity index is 320. The second kappa shape index (κ2) is 5.60. The minimum atomic E-state index is -0.686. The fraction of sp³-hybridized carbons (Fsp3) is 0.500. The predicted octanol–water partition coefficient (Wildman–Crippen LogP) is 1.57. The Labute approximate surface area is 87.4 Å². The Morgan fingerprint density at radius 1 is 1.47 bits per heavy atom. The molecule has 1 N–H and O–H groups in total. The molecule has 0 aliphatic rings. The number of rotatable bonds is 5. The first-order valence-electron chi connectivity index (χ1n) is 4.86. The van der Waals surface area contributed by atoms with E-state index in [0.717, 1.165) is 12.3 Å². The predicted molar refractivity (Wildman–Crippen MR) is 53.7 cm³/mol. The molecule has 1 heterocycles. The van der Waals surface area contributed by atoms with Gasteiger partial charge in [0.2, 0.25) is 0 Å². The van der Waals surface area contributed by atoms with Crippen molar-refractivity contribution in [1.29, 1.82) is 0 Å². The van der Waals surface area contributed by atoms with Gasteiger partial charge in [-0.1, -0.05) is 0 Å². The van der Waals surface area contributed by atoms with Crippen LogP contribution in [0.25, 0.3) is 0 Å². The lowest BCUT2D eigenvalue weighted by Crippen LogP contribution is -2.26. The van der Waals surface area contributed by atoms with E-state index in [9.17, 15) is 8.78 Å². The third-order valence-electron chi connectivity index (χ3n) is 2.06. The zero-order valence-corrected chi connectivity index (χ0v) is 8.58. The maximum atomic E-state index is 13.3. The Morgan fingerprint density at radius 3 is 2.73 bits per heavy atom. The van der Waals surface area contributed by atoms with E-state index in [4.69, 9.17) is 5.11 Å². The van der Waals surface area contributed by atoms with E-state index in [2.05, 4.69) is 4.98 Å². The van der Waals surface area contributed by atoms with Gasteiger partial charge in [-0.25, -0.2) is 13.8 Å². The molecular formula is C10H14F2N2O. The topological polar surface area (TPSA) is 36.4 Å². The molecule has 1 rings (SSSR count). The molecule has 0 saturated heterocycles. The van der Waals surface area contributed by atoms with Gasteiger partial charge in [0.1, 0.15) is 5.82 Å². The van der Waals surface area contributed by atoms with E-state index >= 15 is 0 Å². The zero-order chi connectivity index (χ0) is 11.3. The molecule has 0 amide bonds. The SMILES string of the molecule is CCN(CCCO)c1ncc(F)cc1F. The summed E-state index contributed by atoms with van der Waals surface area (Å²) in [5.74, 6) is -1.23. The third kappa shape index (κ3) is 3.13. The van der Waals surface area contributed by atoms with Gasteiger partial charge in [0.25, 0.3) is 0 Å². The molecule has 0 saturated carbocycles. The standard InChI is InChI=1S/C10H14F2N2O/c1-2-14(4-3-5-15)10-9(12)6-8(11)7-13-10/h6-7,15H,2-5H2,1H3. The van der Waals surface area contributed by atoms with Crippen molar-refractivity contribution in [2.45, 2.75) is 13.3 Å². The second-order valence-electron chi connectivity index (χ2n) is 3.12. The average molecular weight is 216 g/mol. The van der Waals surface area contributed by atoms with Crippen LogP contribution in [0.3, 0.4) is 0 Å². The molecule has 84 valence electrons. The Morgan fingerprint density at radius 2 is 2.20 bits per heavy atom. The number of pyridine rings is 1. The van der Waals surface area contributed by atoms with Crippen molar-refractivity contribution in [3.05, 3.63) is 23.9 Å². The van der Waals surface area contributed by atoms with Crippen LogP contribution in [0.4, 0.5) is 14.6 Å². The summed E-state index contributed by atoms with van der Waals surface area (Å²) in [5, 5.41) is 8.67. The van der Waals surface area contributed by atoms with Crippen molar-refractivity contribution in [2.75, 3.05) is 24.6 Å². The molecule has 1 aromatic heterocycles. The van der Waals surface area contributed by atoms with E-state index in [0.29, 0.717) is 19.5 Å². The summed E-state index contributed by atoms with van der Waals surface area (Å²) in [4.78, 5) is 5.35. The molecule has 0 bridgehead atoms. The summed E-state index contributed by atoms with van der Waals surface area (Å²) in [7, 11) is 0. The van der Waals surface area contributed by atoms with E-state index in [1.165, 1.54) is 0 Å². The quantitative estimate of drug-likeness (QED) is 0.811. The van der Waals surface area contributed by atoms with Crippen LogP contribution in [0.15, 0.2) is 12.3 Å². The largest absolute Gasteiger partial charge is 0.396 e. The molecule has 3 nitrogen and oxygen atoms in total. The van der Waals surface area contributed by atoms with Crippen molar-refractivity contribution < 1.29 is 13.9 Å². The van der Waals surface area contributed by atoms with Crippen LogP contribution in [-0.2, 0) is 0 Å². The van der Waals surface area contributed by atoms with Crippen LogP contribution in [0.2, 0.25) is 0 Å². The summed E-state index contributed by atoms with van der Waals surface area (Å²) >= 11 is 0. The summed E-state index contributed by atoms with van der Waals surface area (Å²) in [6.07, 6.45) is 1.52. The van der Waals surface area contributed by atoms with Crippen molar-refractivity contribution in [2.24, 2.45) is 0 Å². The highest BCUT2D eigenvalue weighted by atomic mass is 19.1. The Kier molecular flexibility index (Phi) is 4.42. The highest BCUT2D eigenvalue weighted by Crippen LogP contribution is 2.16. The lowest BCUT2D eigenvalue weighted by molar-refractivity contribution is 0.289. The molecule has 0 aliphatic carbocycles. The summed E-state index contributed by atoms with van der Waals surface area (Å²) < 4.78 is 25.9. The van der Waals surface area contributed by atoms with Gasteiger partial charge in [-0.3, -0.25) is 0 Å². The fourth-order valence-electron chi connectivity index (χ4n) is 1.32. The second-order valence-corrected chi connectivity index (χ2v) is 3.12. The number of anilines is 1. The number of aliphatic hydroxyl groups is 1. The molecule has 5 heteroatoms. The molecular weight excluding hydrogens is 202 g/mol. The van der Waals surface area contributed by atoms with Crippen molar-refractivity contribution in [1.82, 2.24) is 4.98 Å². The first-order chi connectivity index (χ1) is 7.19. The number of hydrogen-bond donors (Lipinski definition) is 1. The minimum Gasteiger partial charge on any atom is -0.396 e. The fourth-order valence-corrected chi connectivity index (χ4v) is 1.32. The van der Waals surface area contributed by atoms with Gasteiger partial charge in [-0.15, -0.1) is 0 Å². The highest BCUT2D eigenvalue weighted by molar-refractivity contribution is 5.39. The smallest absolute Gasteiger partial charge is 0.168 e. The van der Waals surface area contributed by atoms with Crippen LogP contribution in [0.1, 0.15) is 13.3 Å². The van der Waals surface area contributed by atoms with Gasteiger partial charge in [0, 0.05) is 25.8 Å². The number of halogens is 2. The monoisotopic (exact) mass is 216 g/mol. The van der Waals surface area contributed by atoms with Gasteiger partial charge in [-0.05, 0) is 13.3 Å². The zero-order valence-electron chi connectivity index (χ0n) is 8.58. The molecule has 0 unspecified atom stereocenters. The van der Waals surface area contributed by atoms with Crippen LogP contribution < -0.4 is 4.90 Å². The maximum Gasteiger partial charge on any atom is 0.168 e. The van der Waals surface area contributed by atoms with Crippen molar-refractivity contribution in [3.8, 4) is 0 Å². The number of aromatic nitrogens is 1. The highest BCUT2D eigenvalue weighted by Gasteiger charge is 2.11. The summed E-state index contributed by atoms with van der Waals surface area (Å²) in [5.41, 5.74) is 0. The molecule has 0 atom stereocenters. The summed E-state index contributed by atoms with van der Waals surface area (Å²) in [6, 6.07) is 0.809. The van der Waals surface area contributed by atoms with Crippen molar-refractivity contribution in [3.63, 3.8) is 0 Å². The normalized spacial score (nSPS) is 10.4. The molecule has 0 aliphatic heterocycles. The average Bonchev–Trinajstić information content (AvgIpc) is 2.21. The number of hydrogen-bond acceptors (Lipinski definition) is 3. The van der Waals surface area contributed by atoms with Crippen LogP contribution in [0, 0.1) is 11.6 Å². The first kappa shape index (κ1) is 11.8. The molecule has 0 radical (unpaired) electrons. The number of aliphatic hydroxyl groups excluding tert-OH is 1. The molecule has 1 aromatic rings. The van der Waals surface area contributed by atoms with Gasteiger partial charge in [0.15, 0.2) is 11.6 Å². The lowest BCUT2D eigenvalue weighted by atomic mass is 10.3.